The van der Waals surface area contributed by atoms with Crippen LogP contribution in [0.2, 0.25) is 0 Å². The van der Waals surface area contributed by atoms with E-state index in [4.69, 9.17) is 4.42 Å². The number of aryl methyl sites for hydroxylation is 1. The molecule has 5 nitrogen and oxygen atoms in total. The molecule has 122 valence electrons. The van der Waals surface area contributed by atoms with Crippen molar-refractivity contribution >= 4 is 21.6 Å². The van der Waals surface area contributed by atoms with Gasteiger partial charge in [0.2, 0.25) is 0 Å². The quantitative estimate of drug-likeness (QED) is 0.727. The number of anilines is 1. The molecule has 1 amide bonds. The van der Waals surface area contributed by atoms with Crippen molar-refractivity contribution < 1.29 is 17.6 Å². The fraction of sp³-hybridized carbons (Fsp3) is 0.0556. The largest absolute Gasteiger partial charge is 0.472 e. The van der Waals surface area contributed by atoms with Crippen LogP contribution < -0.4 is 4.31 Å². The third kappa shape index (κ3) is 2.96. The number of carbonyl (C=O) groups excluding carboxylic acids is 1. The standard InChI is InChI=1S/C18H15NO4S/c1-14-7-9-17(10-8-14)24(21,22)19(16-5-3-2-4-6-16)18(20)15-11-12-23-13-15/h2-13H,1H3. The van der Waals surface area contributed by atoms with Crippen molar-refractivity contribution in [2.45, 2.75) is 11.8 Å². The molecule has 0 N–H and O–H groups in total. The Morgan fingerprint density at radius 1 is 0.958 bits per heavy atom. The van der Waals surface area contributed by atoms with Gasteiger partial charge in [-0.1, -0.05) is 35.9 Å². The number of hydrogen-bond acceptors (Lipinski definition) is 4. The zero-order valence-corrected chi connectivity index (χ0v) is 13.7. The second-order valence-corrected chi connectivity index (χ2v) is 7.02. The van der Waals surface area contributed by atoms with E-state index < -0.39 is 15.9 Å². The van der Waals surface area contributed by atoms with E-state index in [2.05, 4.69) is 0 Å². The summed E-state index contributed by atoms with van der Waals surface area (Å²) < 4.78 is 31.8. The molecule has 0 radical (unpaired) electrons. The van der Waals surface area contributed by atoms with E-state index >= 15 is 0 Å². The normalized spacial score (nSPS) is 11.2. The van der Waals surface area contributed by atoms with Crippen LogP contribution in [0.25, 0.3) is 0 Å². The van der Waals surface area contributed by atoms with E-state index in [1.807, 2.05) is 6.92 Å². The van der Waals surface area contributed by atoms with E-state index in [-0.39, 0.29) is 16.1 Å². The lowest BCUT2D eigenvalue weighted by Gasteiger charge is -2.22. The predicted octanol–water partition coefficient (Wildman–Crippen LogP) is 3.62. The Labute approximate surface area is 140 Å². The van der Waals surface area contributed by atoms with Crippen molar-refractivity contribution in [2.24, 2.45) is 0 Å². The second kappa shape index (κ2) is 6.33. The number of benzene rings is 2. The van der Waals surface area contributed by atoms with Gasteiger partial charge in [-0.25, -0.2) is 8.42 Å². The first-order valence-electron chi connectivity index (χ1n) is 7.24. The van der Waals surface area contributed by atoms with Crippen molar-refractivity contribution in [3.05, 3.63) is 84.3 Å². The first-order chi connectivity index (χ1) is 11.5. The summed E-state index contributed by atoms with van der Waals surface area (Å²) in [6.07, 6.45) is 2.55. The number of rotatable bonds is 4. The third-order valence-electron chi connectivity index (χ3n) is 3.50. The molecule has 0 bridgehead atoms. The zero-order valence-electron chi connectivity index (χ0n) is 12.9. The summed E-state index contributed by atoms with van der Waals surface area (Å²) >= 11 is 0. The van der Waals surface area contributed by atoms with Crippen LogP contribution in [0, 0.1) is 6.92 Å². The fourth-order valence-corrected chi connectivity index (χ4v) is 3.66. The molecular formula is C18H15NO4S. The molecular weight excluding hydrogens is 326 g/mol. The molecule has 3 rings (SSSR count). The van der Waals surface area contributed by atoms with Gasteiger partial charge in [-0.05, 0) is 37.3 Å². The van der Waals surface area contributed by atoms with E-state index in [0.717, 1.165) is 9.87 Å². The van der Waals surface area contributed by atoms with Crippen molar-refractivity contribution in [3.8, 4) is 0 Å². The molecule has 3 aromatic rings. The highest BCUT2D eigenvalue weighted by atomic mass is 32.2. The third-order valence-corrected chi connectivity index (χ3v) is 5.23. The van der Waals surface area contributed by atoms with Gasteiger partial charge in [-0.15, -0.1) is 0 Å². The molecule has 24 heavy (non-hydrogen) atoms. The van der Waals surface area contributed by atoms with E-state index in [9.17, 15) is 13.2 Å². The molecule has 6 heteroatoms. The molecule has 0 spiro atoms. The SMILES string of the molecule is Cc1ccc(S(=O)(=O)N(C(=O)c2ccoc2)c2ccccc2)cc1. The summed E-state index contributed by atoms with van der Waals surface area (Å²) in [6, 6.07) is 16.0. The van der Waals surface area contributed by atoms with Crippen molar-refractivity contribution in [1.82, 2.24) is 0 Å². The van der Waals surface area contributed by atoms with Crippen LogP contribution in [0.4, 0.5) is 5.69 Å². The van der Waals surface area contributed by atoms with Gasteiger partial charge in [0.15, 0.2) is 0 Å². The lowest BCUT2D eigenvalue weighted by Crippen LogP contribution is -2.36. The van der Waals surface area contributed by atoms with Crippen LogP contribution in [0.3, 0.4) is 0 Å². The maximum Gasteiger partial charge on any atom is 0.275 e. The zero-order chi connectivity index (χ0) is 17.2. The molecule has 1 heterocycles. The maximum absolute atomic E-state index is 13.1. The van der Waals surface area contributed by atoms with Gasteiger partial charge in [-0.2, -0.15) is 4.31 Å². The van der Waals surface area contributed by atoms with Gasteiger partial charge in [-0.3, -0.25) is 4.79 Å². The average molecular weight is 341 g/mol. The number of nitrogens with zero attached hydrogens (tertiary/aromatic N) is 1. The smallest absolute Gasteiger partial charge is 0.275 e. The summed E-state index contributed by atoms with van der Waals surface area (Å²) in [4.78, 5) is 12.8. The maximum atomic E-state index is 13.1. The molecule has 0 fully saturated rings. The van der Waals surface area contributed by atoms with E-state index in [1.165, 1.54) is 30.7 Å². The fourth-order valence-electron chi connectivity index (χ4n) is 2.25. The molecule has 0 saturated heterocycles. The molecule has 2 aromatic carbocycles. The number of carbonyl (C=O) groups is 1. The summed E-state index contributed by atoms with van der Waals surface area (Å²) in [5.41, 5.74) is 1.36. The predicted molar refractivity (Wildman–Crippen MR) is 90.3 cm³/mol. The van der Waals surface area contributed by atoms with Crippen molar-refractivity contribution in [3.63, 3.8) is 0 Å². The van der Waals surface area contributed by atoms with Crippen LogP contribution in [0.15, 0.2) is 82.5 Å². The Hall–Kier alpha value is -2.86. The lowest BCUT2D eigenvalue weighted by atomic mass is 10.2. The van der Waals surface area contributed by atoms with E-state index in [0.29, 0.717) is 0 Å². The van der Waals surface area contributed by atoms with Crippen molar-refractivity contribution in [2.75, 3.05) is 4.31 Å². The summed E-state index contributed by atoms with van der Waals surface area (Å²) in [5.74, 6) is -0.671. The minimum absolute atomic E-state index is 0.0498. The Balaban J connectivity index is 2.14. The summed E-state index contributed by atoms with van der Waals surface area (Å²) in [6.45, 7) is 1.86. The Morgan fingerprint density at radius 3 is 2.21 bits per heavy atom. The number of amides is 1. The number of para-hydroxylation sites is 1. The number of hydrogen-bond donors (Lipinski definition) is 0. The molecule has 0 saturated carbocycles. The molecule has 1 aromatic heterocycles. The van der Waals surface area contributed by atoms with Crippen LogP contribution in [0.1, 0.15) is 15.9 Å². The Morgan fingerprint density at radius 2 is 1.62 bits per heavy atom. The molecule has 0 aliphatic rings. The molecule has 0 aliphatic carbocycles. The van der Waals surface area contributed by atoms with Crippen LogP contribution in [0.5, 0.6) is 0 Å². The molecule has 0 atom stereocenters. The lowest BCUT2D eigenvalue weighted by molar-refractivity contribution is 0.100. The van der Waals surface area contributed by atoms with Crippen LogP contribution in [-0.2, 0) is 10.0 Å². The molecule has 0 aliphatic heterocycles. The highest BCUT2D eigenvalue weighted by molar-refractivity contribution is 7.93. The highest BCUT2D eigenvalue weighted by Crippen LogP contribution is 2.26. The Bertz CT molecular complexity index is 930. The second-order valence-electron chi connectivity index (χ2n) is 5.24. The minimum atomic E-state index is -4.05. The van der Waals surface area contributed by atoms with Crippen molar-refractivity contribution in [1.29, 1.82) is 0 Å². The van der Waals surface area contributed by atoms with Gasteiger partial charge < -0.3 is 4.42 Å². The minimum Gasteiger partial charge on any atom is -0.472 e. The molecule has 0 unspecified atom stereocenters. The van der Waals surface area contributed by atoms with Crippen LogP contribution in [-0.4, -0.2) is 14.3 Å². The van der Waals surface area contributed by atoms with Gasteiger partial charge in [0.05, 0.1) is 22.4 Å². The topological polar surface area (TPSA) is 67.6 Å². The van der Waals surface area contributed by atoms with Gasteiger partial charge in [0, 0.05) is 0 Å². The summed E-state index contributed by atoms with van der Waals surface area (Å²) in [7, 11) is -4.05. The number of sulfonamides is 1. The van der Waals surface area contributed by atoms with Crippen LogP contribution >= 0.6 is 0 Å². The van der Waals surface area contributed by atoms with Gasteiger partial charge in [0.1, 0.15) is 6.26 Å². The first kappa shape index (κ1) is 16.0. The van der Waals surface area contributed by atoms with E-state index in [1.54, 1.807) is 42.5 Å². The monoisotopic (exact) mass is 341 g/mol. The average Bonchev–Trinajstić information content (AvgIpc) is 3.11. The Kier molecular flexibility index (Phi) is 4.22. The number of furan rings is 1. The first-order valence-corrected chi connectivity index (χ1v) is 8.68. The highest BCUT2D eigenvalue weighted by Gasteiger charge is 2.32. The summed E-state index contributed by atoms with van der Waals surface area (Å²) in [5, 5.41) is 0. The van der Waals surface area contributed by atoms with Gasteiger partial charge >= 0.3 is 0 Å². The van der Waals surface area contributed by atoms with Gasteiger partial charge in [0.25, 0.3) is 15.9 Å².